The molecule has 16 nitrogen and oxygen atoms in total. The van der Waals surface area contributed by atoms with Crippen LogP contribution in [0.4, 0.5) is 17.1 Å². The van der Waals surface area contributed by atoms with Gasteiger partial charge in [-0.2, -0.15) is 0 Å². The molecule has 4 aliphatic rings. The number of carbonyl (C=O) groups excluding carboxylic acids is 1. The Bertz CT molecular complexity index is 3100. The first-order chi connectivity index (χ1) is 35.5. The molecule has 2 aliphatic carbocycles. The van der Waals surface area contributed by atoms with Gasteiger partial charge in [0, 0.05) is 87.3 Å². The maximum atomic E-state index is 14.1. The van der Waals surface area contributed by atoms with Crippen molar-refractivity contribution >= 4 is 44.0 Å². The van der Waals surface area contributed by atoms with Crippen molar-refractivity contribution in [3.05, 3.63) is 142 Å². The highest BCUT2D eigenvalue weighted by atomic mass is 32.2. The monoisotopic (exact) mass is 1020 g/mol. The Hall–Kier alpha value is -6.53. The van der Waals surface area contributed by atoms with Crippen LogP contribution in [0.15, 0.2) is 114 Å². The minimum Gasteiger partial charge on any atom is -0.497 e. The SMILES string of the molecule is COc1ccc(CN2CCN(C3CC4(CCN(c5ccc(C(=O)NS(=O)(=O)c6ccc(NC[C@H]7CC[C@](C)(O)CC7)c([N+](=O)[O-])c6)c(Oc6cnc7[nH]ccc7c6)c5)CC4)C3)[C@@H](c3ccccc3C(C)C)C2)cc1. The van der Waals surface area contributed by atoms with Gasteiger partial charge in [-0.05, 0) is 141 Å². The van der Waals surface area contributed by atoms with E-state index < -0.39 is 37.0 Å². The number of piperazine rings is 1. The van der Waals surface area contributed by atoms with Crippen LogP contribution in [-0.2, 0) is 16.6 Å². The second-order valence-corrected chi connectivity index (χ2v) is 23.4. The minimum absolute atomic E-state index is 0.0289. The molecule has 0 unspecified atom stereocenters. The summed E-state index contributed by atoms with van der Waals surface area (Å²) < 4.78 is 41.7. The lowest BCUT2D eigenvalue weighted by Crippen LogP contribution is -2.60. The number of nitro benzene ring substituents is 1. The van der Waals surface area contributed by atoms with Crippen LogP contribution in [0.3, 0.4) is 0 Å². The quantitative estimate of drug-likeness (QED) is 0.0529. The summed E-state index contributed by atoms with van der Waals surface area (Å²) >= 11 is 0. The lowest BCUT2D eigenvalue weighted by Gasteiger charge is -2.58. The number of anilines is 2. The Balaban J connectivity index is 0.830. The smallest absolute Gasteiger partial charge is 0.293 e. The van der Waals surface area contributed by atoms with Crippen molar-refractivity contribution in [1.29, 1.82) is 0 Å². The van der Waals surface area contributed by atoms with Crippen LogP contribution >= 0.6 is 0 Å². The largest absolute Gasteiger partial charge is 0.497 e. The summed E-state index contributed by atoms with van der Waals surface area (Å²) in [7, 11) is -2.89. The minimum atomic E-state index is -4.59. The lowest BCUT2D eigenvalue weighted by atomic mass is 9.59. The van der Waals surface area contributed by atoms with Crippen LogP contribution in [0.1, 0.15) is 111 Å². The number of hydrogen-bond donors (Lipinski definition) is 4. The molecule has 0 radical (unpaired) electrons. The van der Waals surface area contributed by atoms with Gasteiger partial charge >= 0.3 is 0 Å². The molecule has 390 valence electrons. The zero-order valence-electron chi connectivity index (χ0n) is 42.8. The average molecular weight is 1030 g/mol. The highest BCUT2D eigenvalue weighted by Gasteiger charge is 2.50. The van der Waals surface area contributed by atoms with Gasteiger partial charge in [0.15, 0.2) is 0 Å². The Kier molecular flexibility index (Phi) is 14.5. The van der Waals surface area contributed by atoms with Crippen molar-refractivity contribution in [2.45, 2.75) is 107 Å². The number of nitrogens with one attached hydrogen (secondary N) is 3. The van der Waals surface area contributed by atoms with Gasteiger partial charge in [0.1, 0.15) is 28.6 Å². The van der Waals surface area contributed by atoms with Crippen molar-refractivity contribution in [3.63, 3.8) is 0 Å². The second kappa shape index (κ2) is 21.0. The summed E-state index contributed by atoms with van der Waals surface area (Å²) in [6, 6.07) is 30.6. The third-order valence-corrected chi connectivity index (χ3v) is 17.7. The van der Waals surface area contributed by atoms with Gasteiger partial charge in [0.2, 0.25) is 0 Å². The molecule has 2 saturated heterocycles. The lowest BCUT2D eigenvalue weighted by molar-refractivity contribution is -0.384. The summed E-state index contributed by atoms with van der Waals surface area (Å²) in [6.45, 7) is 12.3. The Morgan fingerprint density at radius 2 is 1.69 bits per heavy atom. The molecule has 2 aliphatic heterocycles. The van der Waals surface area contributed by atoms with Crippen LogP contribution in [0.2, 0.25) is 0 Å². The molecular weight excluding hydrogens is 957 g/mol. The first-order valence-corrected chi connectivity index (χ1v) is 27.5. The number of aromatic nitrogens is 2. The highest BCUT2D eigenvalue weighted by Crippen LogP contribution is 2.53. The summed E-state index contributed by atoms with van der Waals surface area (Å²) in [6.07, 6.45) is 10.4. The fourth-order valence-electron chi connectivity index (χ4n) is 11.9. The number of benzene rings is 4. The Labute approximate surface area is 433 Å². The molecule has 1 atom stereocenters. The predicted molar refractivity (Wildman–Crippen MR) is 287 cm³/mol. The number of pyridine rings is 1. The fourth-order valence-corrected chi connectivity index (χ4v) is 12.9. The van der Waals surface area contributed by atoms with E-state index in [1.165, 1.54) is 28.8 Å². The van der Waals surface area contributed by atoms with Gasteiger partial charge in [-0.1, -0.05) is 50.2 Å². The average Bonchev–Trinajstić information content (AvgIpc) is 3.86. The molecule has 17 heteroatoms. The number of nitro groups is 1. The molecular formula is C57H68N8O8S. The van der Waals surface area contributed by atoms with Crippen LogP contribution in [0.5, 0.6) is 17.2 Å². The summed E-state index contributed by atoms with van der Waals surface area (Å²) in [5.74, 6) is 1.04. The van der Waals surface area contributed by atoms with Crippen molar-refractivity contribution in [2.24, 2.45) is 11.3 Å². The number of fused-ring (bicyclic) bond motifs is 1. The topological polar surface area (TPSA) is 195 Å². The van der Waals surface area contributed by atoms with Gasteiger partial charge in [0.25, 0.3) is 21.6 Å². The number of sulfonamides is 1. The highest BCUT2D eigenvalue weighted by molar-refractivity contribution is 7.90. The molecule has 1 amide bonds. The second-order valence-electron chi connectivity index (χ2n) is 21.7. The maximum Gasteiger partial charge on any atom is 0.293 e. The first-order valence-electron chi connectivity index (χ1n) is 26.1. The van der Waals surface area contributed by atoms with E-state index in [4.69, 9.17) is 9.47 Å². The maximum absolute atomic E-state index is 14.1. The summed E-state index contributed by atoms with van der Waals surface area (Å²) in [5, 5.41) is 26.5. The molecule has 4 heterocycles. The van der Waals surface area contributed by atoms with Crippen molar-refractivity contribution in [2.75, 3.05) is 56.6 Å². The molecule has 10 rings (SSSR count). The first kappa shape index (κ1) is 51.0. The van der Waals surface area contributed by atoms with E-state index in [0.717, 1.165) is 101 Å². The zero-order valence-corrected chi connectivity index (χ0v) is 43.6. The molecule has 74 heavy (non-hydrogen) atoms. The number of hydrogen-bond acceptors (Lipinski definition) is 13. The van der Waals surface area contributed by atoms with Gasteiger partial charge in [0.05, 0.1) is 34.3 Å². The molecule has 6 aromatic rings. The van der Waals surface area contributed by atoms with Gasteiger partial charge < -0.3 is 29.8 Å². The van der Waals surface area contributed by atoms with Gasteiger partial charge in [-0.3, -0.25) is 24.7 Å². The number of carbonyl (C=O) groups is 1. The van der Waals surface area contributed by atoms with Gasteiger partial charge in [-0.25, -0.2) is 18.1 Å². The van der Waals surface area contributed by atoms with Gasteiger partial charge in [-0.15, -0.1) is 0 Å². The van der Waals surface area contributed by atoms with E-state index in [-0.39, 0.29) is 28.3 Å². The molecule has 4 N–H and O–H groups in total. The van der Waals surface area contributed by atoms with E-state index in [2.05, 4.69) is 85.0 Å². The third-order valence-electron chi connectivity index (χ3n) is 16.3. The van der Waals surface area contributed by atoms with Crippen molar-refractivity contribution in [1.82, 2.24) is 24.5 Å². The summed E-state index contributed by atoms with van der Waals surface area (Å²) in [4.78, 5) is 40.5. The molecule has 2 aromatic heterocycles. The number of amides is 1. The van der Waals surface area contributed by atoms with E-state index in [0.29, 0.717) is 48.8 Å². The molecule has 2 saturated carbocycles. The number of aromatic amines is 1. The van der Waals surface area contributed by atoms with Crippen LogP contribution in [0.25, 0.3) is 11.0 Å². The standard InChI is InChI=1S/C57H68N8O8S/c1-38(2)47-7-5-6-8-48(47)52-37-62(36-40-9-12-44(72-4)13-10-40)27-28-64(52)43-32-57(33-43)22-25-63(26-23-57)42-11-15-49(53(30-42)73-45-29-41-19-24-58-54(41)60-35-45)55(66)61-74(70,71)46-14-16-50(51(31-46)65(68)69)59-34-39-17-20-56(3,67)21-18-39/h5-16,19,24,29-31,35,38-39,43,52,59,67H,17-18,20-23,25-28,32-34,36-37H2,1-4H3,(H,58,60)(H,61,66)/t39-,52-,56-/m1/s1. The number of methoxy groups -OCH3 is 1. The Morgan fingerprint density at radius 3 is 2.42 bits per heavy atom. The van der Waals surface area contributed by atoms with E-state index in [1.807, 2.05) is 31.2 Å². The van der Waals surface area contributed by atoms with E-state index in [9.17, 15) is 28.4 Å². The fraction of sp³-hybridized carbons (Fsp3) is 0.439. The van der Waals surface area contributed by atoms with Crippen LogP contribution < -0.4 is 24.4 Å². The predicted octanol–water partition coefficient (Wildman–Crippen LogP) is 10.2. The third kappa shape index (κ3) is 11.1. The number of ether oxygens (including phenoxy) is 2. The van der Waals surface area contributed by atoms with Crippen molar-refractivity contribution < 1.29 is 32.7 Å². The number of rotatable bonds is 16. The molecule has 1 spiro atoms. The molecule has 4 aromatic carbocycles. The number of H-pyrrole nitrogens is 1. The zero-order chi connectivity index (χ0) is 51.8. The number of piperidine rings is 1. The number of nitrogens with zero attached hydrogens (tertiary/aromatic N) is 5. The molecule has 0 bridgehead atoms. The number of aliphatic hydroxyl groups is 1. The van der Waals surface area contributed by atoms with E-state index in [1.54, 1.807) is 37.7 Å². The molecule has 4 fully saturated rings. The Morgan fingerprint density at radius 1 is 0.932 bits per heavy atom. The van der Waals surface area contributed by atoms with E-state index >= 15 is 0 Å². The van der Waals surface area contributed by atoms with Crippen LogP contribution in [-0.4, -0.2) is 102 Å². The summed E-state index contributed by atoms with van der Waals surface area (Å²) in [5.41, 5.74) is 4.87. The normalized spacial score (nSPS) is 21.6. The van der Waals surface area contributed by atoms with Crippen LogP contribution in [0, 0.1) is 21.4 Å². The van der Waals surface area contributed by atoms with Crippen molar-refractivity contribution in [3.8, 4) is 17.2 Å².